The van der Waals surface area contributed by atoms with Crippen molar-refractivity contribution in [2.24, 2.45) is 0 Å². The number of aromatic nitrogens is 2. The molecule has 0 saturated carbocycles. The van der Waals surface area contributed by atoms with Crippen LogP contribution in [0.4, 0.5) is 0 Å². The van der Waals surface area contributed by atoms with E-state index in [4.69, 9.17) is 0 Å². The molecule has 0 aliphatic carbocycles. The Bertz CT molecular complexity index is 570. The van der Waals surface area contributed by atoms with Gasteiger partial charge in [0.25, 0.3) is 5.91 Å². The number of nitrogens with zero attached hydrogens (tertiary/aromatic N) is 3. The van der Waals surface area contributed by atoms with Gasteiger partial charge in [-0.3, -0.25) is 9.69 Å². The van der Waals surface area contributed by atoms with E-state index in [1.807, 2.05) is 0 Å². The summed E-state index contributed by atoms with van der Waals surface area (Å²) < 4.78 is 3.69. The third kappa shape index (κ3) is 2.04. The molecule has 1 aromatic heterocycles. The Balaban J connectivity index is 0.00000120. The minimum Gasteiger partial charge on any atom is -0.543 e. The number of amides is 1. The van der Waals surface area contributed by atoms with Crippen LogP contribution in [0.3, 0.4) is 0 Å². The van der Waals surface area contributed by atoms with Crippen LogP contribution < -0.4 is 34.7 Å². The number of carbonyl (C=O) groups is 2. The fourth-order valence-corrected chi connectivity index (χ4v) is 3.23. The Morgan fingerprint density at radius 1 is 1.56 bits per heavy atom. The van der Waals surface area contributed by atoms with E-state index in [-0.39, 0.29) is 46.5 Å². The number of β-lactam (4-membered cyclic amide) rings is 1. The molecule has 0 spiro atoms. The zero-order chi connectivity index (χ0) is 12.0. The summed E-state index contributed by atoms with van der Waals surface area (Å²) in [5, 5.41) is 15.6. The van der Waals surface area contributed by atoms with Gasteiger partial charge in [0.1, 0.15) is 5.37 Å². The van der Waals surface area contributed by atoms with Crippen molar-refractivity contribution in [3.63, 3.8) is 0 Å². The number of thioether (sulfide) groups is 1. The quantitative estimate of drug-likeness (QED) is 0.318. The molecule has 3 heterocycles. The third-order valence-electron chi connectivity index (χ3n) is 2.42. The average Bonchev–Trinajstić information content (AvgIpc) is 2.93. The molecule has 0 aromatic carbocycles. The van der Waals surface area contributed by atoms with E-state index in [2.05, 4.69) is 9.59 Å². The molecule has 1 fully saturated rings. The summed E-state index contributed by atoms with van der Waals surface area (Å²) in [7, 11) is 0. The van der Waals surface area contributed by atoms with Crippen LogP contribution in [0.1, 0.15) is 4.88 Å². The van der Waals surface area contributed by atoms with Gasteiger partial charge in [-0.15, -0.1) is 16.9 Å². The topological polar surface area (TPSA) is 86.2 Å². The van der Waals surface area contributed by atoms with Crippen LogP contribution >= 0.6 is 23.3 Å². The molecule has 1 aromatic rings. The SMILES string of the molecule is O=C([O-])C1=CS[C@@H]2/C(=C/c3cnns3)C(=O)N12.[Na+]. The van der Waals surface area contributed by atoms with Crippen LogP contribution in [0.2, 0.25) is 0 Å². The van der Waals surface area contributed by atoms with Gasteiger partial charge in [0.2, 0.25) is 0 Å². The van der Waals surface area contributed by atoms with E-state index < -0.39 is 5.97 Å². The molecule has 1 atom stereocenters. The number of fused-ring (bicyclic) bond motifs is 1. The van der Waals surface area contributed by atoms with Gasteiger partial charge in [-0.25, -0.2) is 0 Å². The summed E-state index contributed by atoms with van der Waals surface area (Å²) in [4.78, 5) is 24.5. The second-order valence-electron chi connectivity index (χ2n) is 3.37. The summed E-state index contributed by atoms with van der Waals surface area (Å²) in [5.41, 5.74) is 0.498. The van der Waals surface area contributed by atoms with Crippen molar-refractivity contribution in [1.82, 2.24) is 14.5 Å². The third-order valence-corrected chi connectivity index (χ3v) is 4.11. The monoisotopic (exact) mass is 289 g/mol. The number of hydrogen-bond acceptors (Lipinski definition) is 7. The molecule has 18 heavy (non-hydrogen) atoms. The van der Waals surface area contributed by atoms with Crippen LogP contribution in [-0.2, 0) is 9.59 Å². The molecule has 6 nitrogen and oxygen atoms in total. The number of carboxylic acid groups (broad SMARTS) is 1. The molecule has 86 valence electrons. The minimum absolute atomic E-state index is 0. The molecule has 1 amide bonds. The minimum atomic E-state index is -1.33. The van der Waals surface area contributed by atoms with Crippen molar-refractivity contribution in [2.75, 3.05) is 0 Å². The van der Waals surface area contributed by atoms with Crippen molar-refractivity contribution >= 4 is 41.2 Å². The van der Waals surface area contributed by atoms with E-state index in [0.29, 0.717) is 5.57 Å². The molecule has 0 radical (unpaired) electrons. The zero-order valence-electron chi connectivity index (χ0n) is 9.19. The predicted octanol–water partition coefficient (Wildman–Crippen LogP) is -3.57. The molecule has 0 bridgehead atoms. The number of aliphatic carboxylic acids is 1. The van der Waals surface area contributed by atoms with Crippen LogP contribution in [0.5, 0.6) is 0 Å². The Hall–Kier alpha value is -0.670. The van der Waals surface area contributed by atoms with Gasteiger partial charge < -0.3 is 9.90 Å². The first-order valence-corrected chi connectivity index (χ1v) is 6.29. The van der Waals surface area contributed by atoms with E-state index in [9.17, 15) is 14.7 Å². The fraction of sp³-hybridized carbons (Fsp3) is 0.111. The fourth-order valence-electron chi connectivity index (χ4n) is 1.65. The van der Waals surface area contributed by atoms with E-state index >= 15 is 0 Å². The molecule has 1 saturated heterocycles. The smallest absolute Gasteiger partial charge is 0.543 e. The summed E-state index contributed by atoms with van der Waals surface area (Å²) in [5.74, 6) is -1.63. The van der Waals surface area contributed by atoms with Gasteiger partial charge in [0.15, 0.2) is 0 Å². The Kier molecular flexibility index (Phi) is 3.93. The Labute approximate surface area is 132 Å². The van der Waals surface area contributed by atoms with Gasteiger partial charge in [0, 0.05) is 0 Å². The van der Waals surface area contributed by atoms with Crippen LogP contribution in [-0.4, -0.2) is 31.7 Å². The van der Waals surface area contributed by atoms with Gasteiger partial charge >= 0.3 is 29.6 Å². The van der Waals surface area contributed by atoms with Crippen LogP contribution in [0.15, 0.2) is 22.9 Å². The van der Waals surface area contributed by atoms with Crippen molar-refractivity contribution in [2.45, 2.75) is 5.37 Å². The second kappa shape index (κ2) is 5.14. The number of carboxylic acids is 1. The Morgan fingerprint density at radius 2 is 2.33 bits per heavy atom. The van der Waals surface area contributed by atoms with Crippen LogP contribution in [0.25, 0.3) is 6.08 Å². The van der Waals surface area contributed by atoms with Gasteiger partial charge in [-0.2, -0.15) is 0 Å². The van der Waals surface area contributed by atoms with Crippen molar-refractivity contribution in [3.8, 4) is 0 Å². The van der Waals surface area contributed by atoms with Crippen molar-refractivity contribution in [1.29, 1.82) is 0 Å². The number of rotatable bonds is 2. The summed E-state index contributed by atoms with van der Waals surface area (Å²) in [6, 6.07) is 0. The maximum atomic E-state index is 11.8. The van der Waals surface area contributed by atoms with Crippen molar-refractivity contribution < 1.29 is 44.3 Å². The molecular weight excluding hydrogens is 285 g/mol. The number of hydrogen-bond donors (Lipinski definition) is 0. The standard InChI is InChI=1S/C9H5N3O3S2.Na/c13-7-5(1-4-2-10-11-17-4)8-12(7)6(3-16-8)9(14)15;/h1-3,8H,(H,14,15);/q;+1/p-1/b5-1+;/t8-;/m1./s1. The van der Waals surface area contributed by atoms with E-state index in [1.54, 1.807) is 12.3 Å². The van der Waals surface area contributed by atoms with Crippen LogP contribution in [0, 0.1) is 0 Å². The van der Waals surface area contributed by atoms with E-state index in [0.717, 1.165) is 4.88 Å². The van der Waals surface area contributed by atoms with Gasteiger partial charge in [0.05, 0.1) is 28.3 Å². The predicted molar refractivity (Wildman–Crippen MR) is 59.2 cm³/mol. The molecule has 2 aliphatic heterocycles. The maximum absolute atomic E-state index is 11.8. The normalized spacial score (nSPS) is 23.2. The maximum Gasteiger partial charge on any atom is 1.00 e. The molecular formula is C9H4N3NaO3S2. The first kappa shape index (κ1) is 13.8. The summed E-state index contributed by atoms with van der Waals surface area (Å²) in [6.45, 7) is 0. The Morgan fingerprint density at radius 3 is 2.94 bits per heavy atom. The second-order valence-corrected chi connectivity index (χ2v) is 5.15. The largest absolute Gasteiger partial charge is 1.00 e. The van der Waals surface area contributed by atoms with Gasteiger partial charge in [-0.05, 0) is 23.0 Å². The van der Waals surface area contributed by atoms with Gasteiger partial charge in [-0.1, -0.05) is 4.49 Å². The molecule has 9 heteroatoms. The molecule has 0 unspecified atom stereocenters. The molecule has 0 N–H and O–H groups in total. The number of carbonyl (C=O) groups excluding carboxylic acids is 2. The summed E-state index contributed by atoms with van der Waals surface area (Å²) in [6.07, 6.45) is 3.24. The first-order chi connectivity index (χ1) is 8.18. The van der Waals surface area contributed by atoms with Crippen molar-refractivity contribution in [3.05, 3.63) is 27.8 Å². The molecule has 2 aliphatic rings. The molecule has 3 rings (SSSR count). The average molecular weight is 289 g/mol. The van der Waals surface area contributed by atoms with E-state index in [1.165, 1.54) is 33.6 Å². The summed E-state index contributed by atoms with van der Waals surface area (Å²) >= 11 is 2.46. The first-order valence-electron chi connectivity index (χ1n) is 4.58. The zero-order valence-corrected chi connectivity index (χ0v) is 12.8.